The molecule has 1 aromatic carbocycles. The van der Waals surface area contributed by atoms with E-state index in [1.165, 1.54) is 16.7 Å². The molecule has 0 N–H and O–H groups in total. The molecule has 3 aromatic rings. The van der Waals surface area contributed by atoms with Crippen molar-refractivity contribution in [2.24, 2.45) is 0 Å². The Balaban J connectivity index is 2.05. The van der Waals surface area contributed by atoms with Crippen molar-refractivity contribution in [3.05, 3.63) is 65.1 Å². The van der Waals surface area contributed by atoms with E-state index in [0.29, 0.717) is 25.3 Å². The van der Waals surface area contributed by atoms with Crippen LogP contribution in [0.25, 0.3) is 27.6 Å². The molecule has 4 heteroatoms. The van der Waals surface area contributed by atoms with Crippen molar-refractivity contribution >= 4 is 22.3 Å². The van der Waals surface area contributed by atoms with Gasteiger partial charge in [-0.3, -0.25) is 9.78 Å². The molecule has 2 aromatic heterocycles. The number of ether oxygens (including phenoxy) is 1. The highest BCUT2D eigenvalue weighted by Gasteiger charge is 2.19. The van der Waals surface area contributed by atoms with Crippen molar-refractivity contribution < 1.29 is 9.53 Å². The molecule has 3 heterocycles. The first-order chi connectivity index (χ1) is 13.6. The molecule has 0 fully saturated rings. The van der Waals surface area contributed by atoms with E-state index >= 15 is 0 Å². The molecule has 0 saturated carbocycles. The number of carbonyl (C=O) groups excluding carboxylic acids is 1. The van der Waals surface area contributed by atoms with Crippen LogP contribution in [0.1, 0.15) is 46.9 Å². The number of fused-ring (bicyclic) bond motifs is 1. The number of hydrogen-bond donors (Lipinski definition) is 0. The van der Waals surface area contributed by atoms with E-state index in [9.17, 15) is 4.79 Å². The fourth-order valence-electron chi connectivity index (χ4n) is 4.07. The van der Waals surface area contributed by atoms with Gasteiger partial charge in [-0.15, -0.1) is 0 Å². The Kier molecular flexibility index (Phi) is 5.05. The van der Waals surface area contributed by atoms with E-state index in [4.69, 9.17) is 9.72 Å². The lowest BCUT2D eigenvalue weighted by molar-refractivity contribution is 0.0983. The minimum atomic E-state index is 0.0734. The van der Waals surface area contributed by atoms with Crippen molar-refractivity contribution in [1.82, 2.24) is 9.97 Å². The lowest BCUT2D eigenvalue weighted by Crippen LogP contribution is -2.08. The third-order valence-corrected chi connectivity index (χ3v) is 5.43. The SMILES string of the molecule is CCC(=O)c1cc(C2=CCOCC2)c2c(C)c(-c3ccncc3)c(C)cc2n1. The van der Waals surface area contributed by atoms with Crippen molar-refractivity contribution in [3.8, 4) is 11.1 Å². The van der Waals surface area contributed by atoms with Gasteiger partial charge in [-0.05, 0) is 77.9 Å². The van der Waals surface area contributed by atoms with Gasteiger partial charge >= 0.3 is 0 Å². The summed E-state index contributed by atoms with van der Waals surface area (Å²) < 4.78 is 5.51. The molecule has 28 heavy (non-hydrogen) atoms. The predicted molar refractivity (Wildman–Crippen MR) is 112 cm³/mol. The van der Waals surface area contributed by atoms with Crippen LogP contribution in [0.15, 0.2) is 42.7 Å². The van der Waals surface area contributed by atoms with Gasteiger partial charge in [-0.25, -0.2) is 4.98 Å². The average molecular weight is 372 g/mol. The minimum Gasteiger partial charge on any atom is -0.377 e. The number of pyridine rings is 2. The first-order valence-corrected chi connectivity index (χ1v) is 9.75. The van der Waals surface area contributed by atoms with Gasteiger partial charge in [-0.2, -0.15) is 0 Å². The Bertz CT molecular complexity index is 1080. The van der Waals surface area contributed by atoms with E-state index < -0.39 is 0 Å². The van der Waals surface area contributed by atoms with Gasteiger partial charge in [0.05, 0.1) is 18.7 Å². The summed E-state index contributed by atoms with van der Waals surface area (Å²) in [6, 6.07) is 8.16. The Morgan fingerprint density at radius 1 is 1.18 bits per heavy atom. The van der Waals surface area contributed by atoms with E-state index in [1.54, 1.807) is 0 Å². The van der Waals surface area contributed by atoms with Gasteiger partial charge in [0.2, 0.25) is 0 Å². The molecule has 0 amide bonds. The van der Waals surface area contributed by atoms with E-state index in [-0.39, 0.29) is 5.78 Å². The highest BCUT2D eigenvalue weighted by atomic mass is 16.5. The molecular weight excluding hydrogens is 348 g/mol. The zero-order valence-electron chi connectivity index (χ0n) is 16.6. The highest BCUT2D eigenvalue weighted by Crippen LogP contribution is 2.37. The number of nitrogens with zero attached hydrogens (tertiary/aromatic N) is 2. The van der Waals surface area contributed by atoms with Crippen molar-refractivity contribution in [2.75, 3.05) is 13.2 Å². The third-order valence-electron chi connectivity index (χ3n) is 5.43. The van der Waals surface area contributed by atoms with Gasteiger partial charge in [0.15, 0.2) is 5.78 Å². The lowest BCUT2D eigenvalue weighted by Gasteiger charge is -2.20. The first-order valence-electron chi connectivity index (χ1n) is 9.75. The van der Waals surface area contributed by atoms with Crippen molar-refractivity contribution in [3.63, 3.8) is 0 Å². The smallest absolute Gasteiger partial charge is 0.180 e. The van der Waals surface area contributed by atoms with Crippen LogP contribution in [-0.4, -0.2) is 29.0 Å². The maximum Gasteiger partial charge on any atom is 0.180 e. The van der Waals surface area contributed by atoms with Gasteiger partial charge < -0.3 is 4.74 Å². The normalized spacial score (nSPS) is 14.2. The van der Waals surface area contributed by atoms with E-state index in [0.717, 1.165) is 34.0 Å². The molecule has 0 saturated heterocycles. The van der Waals surface area contributed by atoms with Crippen LogP contribution in [0.3, 0.4) is 0 Å². The summed E-state index contributed by atoms with van der Waals surface area (Å²) in [4.78, 5) is 21.3. The third kappa shape index (κ3) is 3.25. The molecule has 0 unspecified atom stereocenters. The second-order valence-electron chi connectivity index (χ2n) is 7.21. The molecule has 0 bridgehead atoms. The number of aromatic nitrogens is 2. The number of rotatable bonds is 4. The Morgan fingerprint density at radius 2 is 1.96 bits per heavy atom. The average Bonchev–Trinajstić information content (AvgIpc) is 2.73. The molecule has 1 aliphatic heterocycles. The number of ketones is 1. The van der Waals surface area contributed by atoms with E-state index in [2.05, 4.69) is 31.0 Å². The first kappa shape index (κ1) is 18.5. The van der Waals surface area contributed by atoms with Gasteiger partial charge in [0.1, 0.15) is 5.69 Å². The number of hydrogen-bond acceptors (Lipinski definition) is 4. The molecule has 0 spiro atoms. The maximum absolute atomic E-state index is 12.4. The Hall–Kier alpha value is -2.85. The molecule has 4 rings (SSSR count). The second-order valence-corrected chi connectivity index (χ2v) is 7.21. The standard InChI is InChI=1S/C24H24N2O2/c1-4-22(27)20-14-19(17-7-11-28-12-8-17)24-16(3)23(15(2)13-21(24)26-20)18-5-9-25-10-6-18/h5-7,9-10,13-14H,4,8,11-12H2,1-3H3. The number of benzene rings is 1. The van der Waals surface area contributed by atoms with Crippen LogP contribution in [-0.2, 0) is 4.74 Å². The van der Waals surface area contributed by atoms with Crippen molar-refractivity contribution in [2.45, 2.75) is 33.6 Å². The molecule has 0 radical (unpaired) electrons. The molecular formula is C24H24N2O2. The number of aryl methyl sites for hydroxylation is 2. The van der Waals surface area contributed by atoms with Crippen LogP contribution in [0.2, 0.25) is 0 Å². The summed E-state index contributed by atoms with van der Waals surface area (Å²) in [5, 5.41) is 1.12. The largest absolute Gasteiger partial charge is 0.377 e. The Labute approximate surface area is 165 Å². The summed E-state index contributed by atoms with van der Waals surface area (Å²) >= 11 is 0. The summed E-state index contributed by atoms with van der Waals surface area (Å²) in [7, 11) is 0. The summed E-state index contributed by atoms with van der Waals surface area (Å²) in [6.07, 6.45) is 7.07. The van der Waals surface area contributed by atoms with Crippen LogP contribution in [0.5, 0.6) is 0 Å². The van der Waals surface area contributed by atoms with E-state index in [1.807, 2.05) is 37.5 Å². The van der Waals surface area contributed by atoms with Crippen molar-refractivity contribution in [1.29, 1.82) is 0 Å². The molecule has 1 aliphatic rings. The Morgan fingerprint density at radius 3 is 2.64 bits per heavy atom. The molecule has 142 valence electrons. The second kappa shape index (κ2) is 7.64. The zero-order valence-corrected chi connectivity index (χ0v) is 16.6. The van der Waals surface area contributed by atoms with Crippen LogP contribution in [0, 0.1) is 13.8 Å². The monoisotopic (exact) mass is 372 g/mol. The molecule has 4 nitrogen and oxygen atoms in total. The van der Waals surface area contributed by atoms with Gasteiger partial charge in [0, 0.05) is 24.2 Å². The summed E-state index contributed by atoms with van der Waals surface area (Å²) in [5.41, 5.74) is 8.47. The van der Waals surface area contributed by atoms with Crippen LogP contribution >= 0.6 is 0 Å². The number of Topliss-reactive ketones (excluding diaryl/α,β-unsaturated/α-hetero) is 1. The predicted octanol–water partition coefficient (Wildman–Crippen LogP) is 5.31. The van der Waals surface area contributed by atoms with Crippen LogP contribution in [0.4, 0.5) is 0 Å². The van der Waals surface area contributed by atoms with Gasteiger partial charge in [0.25, 0.3) is 0 Å². The zero-order chi connectivity index (χ0) is 19.7. The maximum atomic E-state index is 12.4. The topological polar surface area (TPSA) is 52.1 Å². The van der Waals surface area contributed by atoms with Gasteiger partial charge in [-0.1, -0.05) is 13.0 Å². The fourth-order valence-corrected chi connectivity index (χ4v) is 4.07. The fraction of sp³-hybridized carbons (Fsp3) is 0.292. The van der Waals surface area contributed by atoms with Crippen LogP contribution < -0.4 is 0 Å². The number of carbonyl (C=O) groups is 1. The summed E-state index contributed by atoms with van der Waals surface area (Å²) in [6.45, 7) is 7.45. The molecule has 0 atom stereocenters. The quantitative estimate of drug-likeness (QED) is 0.582. The summed E-state index contributed by atoms with van der Waals surface area (Å²) in [5.74, 6) is 0.0734. The molecule has 0 aliphatic carbocycles. The lowest BCUT2D eigenvalue weighted by atomic mass is 9.88. The minimum absolute atomic E-state index is 0.0734. The highest BCUT2D eigenvalue weighted by molar-refractivity contribution is 6.03.